The Balaban J connectivity index is 2.21. The van der Waals surface area contributed by atoms with Crippen molar-refractivity contribution in [3.05, 3.63) is 54.1 Å². The zero-order valence-electron chi connectivity index (χ0n) is 11.6. The van der Waals surface area contributed by atoms with Crippen LogP contribution in [0.1, 0.15) is 5.56 Å². The first-order valence-corrected chi connectivity index (χ1v) is 6.71. The maximum Gasteiger partial charge on any atom is 0.417 e. The minimum Gasteiger partial charge on any atom is -0.394 e. The number of hydrogen-bond acceptors (Lipinski definition) is 3. The van der Waals surface area contributed by atoms with Crippen molar-refractivity contribution in [1.29, 1.82) is 0 Å². The summed E-state index contributed by atoms with van der Waals surface area (Å²) in [7, 11) is 0. The van der Waals surface area contributed by atoms with Gasteiger partial charge in [0.25, 0.3) is 0 Å². The molecule has 0 amide bonds. The van der Waals surface area contributed by atoms with Crippen LogP contribution in [0.25, 0.3) is 11.1 Å². The lowest BCUT2D eigenvalue weighted by molar-refractivity contribution is -0.137. The number of rotatable bonds is 5. The largest absolute Gasteiger partial charge is 0.417 e. The van der Waals surface area contributed by atoms with E-state index >= 15 is 0 Å². The molecule has 1 unspecified atom stereocenters. The summed E-state index contributed by atoms with van der Waals surface area (Å²) < 4.78 is 39.0. The van der Waals surface area contributed by atoms with Crippen molar-refractivity contribution in [1.82, 2.24) is 0 Å². The van der Waals surface area contributed by atoms with E-state index in [1.165, 1.54) is 12.1 Å². The summed E-state index contributed by atoms with van der Waals surface area (Å²) in [6.07, 6.45) is -5.29. The summed E-state index contributed by atoms with van der Waals surface area (Å²) in [4.78, 5) is 0. The van der Waals surface area contributed by atoms with Crippen molar-refractivity contribution in [2.24, 2.45) is 0 Å². The van der Waals surface area contributed by atoms with Gasteiger partial charge < -0.3 is 15.5 Å². The Hall–Kier alpha value is -2.05. The number of hydrogen-bond donors (Lipinski definition) is 3. The Morgan fingerprint density at radius 1 is 1.00 bits per heavy atom. The van der Waals surface area contributed by atoms with Gasteiger partial charge in [0.05, 0.1) is 18.3 Å². The first kappa shape index (κ1) is 16.3. The van der Waals surface area contributed by atoms with Crippen molar-refractivity contribution >= 4 is 5.69 Å². The average Bonchev–Trinajstić information content (AvgIpc) is 2.52. The van der Waals surface area contributed by atoms with Gasteiger partial charge in [-0.25, -0.2) is 0 Å². The van der Waals surface area contributed by atoms with Gasteiger partial charge in [-0.3, -0.25) is 0 Å². The zero-order valence-corrected chi connectivity index (χ0v) is 11.6. The molecule has 0 saturated carbocycles. The minimum atomic E-state index is -4.40. The Morgan fingerprint density at radius 3 is 2.23 bits per heavy atom. The van der Waals surface area contributed by atoms with Gasteiger partial charge in [0.15, 0.2) is 0 Å². The van der Waals surface area contributed by atoms with Crippen molar-refractivity contribution in [2.45, 2.75) is 12.3 Å². The van der Waals surface area contributed by atoms with Crippen LogP contribution >= 0.6 is 0 Å². The van der Waals surface area contributed by atoms with Crippen LogP contribution in [0.3, 0.4) is 0 Å². The van der Waals surface area contributed by atoms with Gasteiger partial charge in [-0.2, -0.15) is 13.2 Å². The van der Waals surface area contributed by atoms with E-state index in [1.807, 2.05) is 0 Å². The van der Waals surface area contributed by atoms with E-state index in [0.29, 0.717) is 11.3 Å². The highest BCUT2D eigenvalue weighted by Crippen LogP contribution is 2.37. The molecule has 0 bridgehead atoms. The van der Waals surface area contributed by atoms with Crippen LogP contribution in [0, 0.1) is 0 Å². The average molecular weight is 311 g/mol. The second kappa shape index (κ2) is 6.81. The highest BCUT2D eigenvalue weighted by atomic mass is 19.4. The summed E-state index contributed by atoms with van der Waals surface area (Å²) in [6.45, 7) is -0.195. The smallest absolute Gasteiger partial charge is 0.394 e. The standard InChI is InChI=1S/C16H16F3NO2/c17-16(18,19)15-4-2-1-3-14(15)11-5-7-12(8-6-11)20-9-13(22)10-21/h1-8,13,20-22H,9-10H2. The van der Waals surface area contributed by atoms with Gasteiger partial charge in [-0.1, -0.05) is 30.3 Å². The summed E-state index contributed by atoms with van der Waals surface area (Å²) in [5.41, 5.74) is 0.560. The molecular formula is C16H16F3NO2. The van der Waals surface area contributed by atoms with Crippen molar-refractivity contribution in [3.8, 4) is 11.1 Å². The van der Waals surface area contributed by atoms with Crippen LogP contribution < -0.4 is 5.32 Å². The molecule has 2 aromatic carbocycles. The van der Waals surface area contributed by atoms with Crippen molar-refractivity contribution < 1.29 is 23.4 Å². The molecule has 0 aliphatic heterocycles. The number of aliphatic hydroxyl groups is 2. The van der Waals surface area contributed by atoms with Crippen LogP contribution in [0.2, 0.25) is 0 Å². The van der Waals surface area contributed by atoms with Crippen molar-refractivity contribution in [3.63, 3.8) is 0 Å². The fourth-order valence-electron chi connectivity index (χ4n) is 2.05. The molecule has 2 aromatic rings. The van der Waals surface area contributed by atoms with E-state index in [4.69, 9.17) is 5.11 Å². The van der Waals surface area contributed by atoms with Gasteiger partial charge in [0.2, 0.25) is 0 Å². The lowest BCUT2D eigenvalue weighted by atomic mass is 9.99. The molecule has 3 N–H and O–H groups in total. The summed E-state index contributed by atoms with van der Waals surface area (Å²) >= 11 is 0. The zero-order chi connectivity index (χ0) is 16.2. The number of halogens is 3. The molecule has 1 atom stereocenters. The summed E-state index contributed by atoms with van der Waals surface area (Å²) in [5.74, 6) is 0. The third kappa shape index (κ3) is 3.99. The van der Waals surface area contributed by atoms with E-state index in [2.05, 4.69) is 5.32 Å². The lowest BCUT2D eigenvalue weighted by Gasteiger charge is -2.14. The normalized spacial score (nSPS) is 13.0. The molecule has 0 saturated heterocycles. The topological polar surface area (TPSA) is 52.5 Å². The Morgan fingerprint density at radius 2 is 1.64 bits per heavy atom. The second-order valence-electron chi connectivity index (χ2n) is 4.84. The minimum absolute atomic E-state index is 0.122. The van der Waals surface area contributed by atoms with E-state index in [-0.39, 0.29) is 18.7 Å². The highest BCUT2D eigenvalue weighted by Gasteiger charge is 2.33. The molecule has 0 spiro atoms. The van der Waals surface area contributed by atoms with Crippen LogP contribution in [0.4, 0.5) is 18.9 Å². The van der Waals surface area contributed by atoms with Crippen LogP contribution in [0.5, 0.6) is 0 Å². The number of aliphatic hydroxyl groups excluding tert-OH is 2. The van der Waals surface area contributed by atoms with Crippen LogP contribution in [-0.2, 0) is 6.18 Å². The third-order valence-corrected chi connectivity index (χ3v) is 3.18. The summed E-state index contributed by atoms with van der Waals surface area (Å²) in [6, 6.07) is 11.8. The molecular weight excluding hydrogens is 295 g/mol. The van der Waals surface area contributed by atoms with Crippen LogP contribution in [-0.4, -0.2) is 29.5 Å². The Bertz CT molecular complexity index is 612. The fraction of sp³-hybridized carbons (Fsp3) is 0.250. The molecule has 6 heteroatoms. The first-order chi connectivity index (χ1) is 10.4. The molecule has 0 heterocycles. The van der Waals surface area contributed by atoms with Gasteiger partial charge in [0, 0.05) is 12.2 Å². The Kier molecular flexibility index (Phi) is 5.05. The molecule has 0 fully saturated rings. The van der Waals surface area contributed by atoms with Crippen molar-refractivity contribution in [2.75, 3.05) is 18.5 Å². The SMILES string of the molecule is OCC(O)CNc1ccc(-c2ccccc2C(F)(F)F)cc1. The molecule has 2 rings (SSSR count). The molecule has 118 valence electrons. The van der Waals surface area contributed by atoms with E-state index in [0.717, 1.165) is 6.07 Å². The number of nitrogens with one attached hydrogen (secondary N) is 1. The highest BCUT2D eigenvalue weighted by molar-refractivity contribution is 5.69. The predicted octanol–water partition coefficient (Wildman–Crippen LogP) is 3.14. The molecule has 22 heavy (non-hydrogen) atoms. The monoisotopic (exact) mass is 311 g/mol. The van der Waals surface area contributed by atoms with Gasteiger partial charge >= 0.3 is 6.18 Å². The van der Waals surface area contributed by atoms with Gasteiger partial charge in [-0.15, -0.1) is 0 Å². The molecule has 0 radical (unpaired) electrons. The maximum absolute atomic E-state index is 13.0. The molecule has 3 nitrogen and oxygen atoms in total. The van der Waals surface area contributed by atoms with Crippen LogP contribution in [0.15, 0.2) is 48.5 Å². The predicted molar refractivity (Wildman–Crippen MR) is 78.5 cm³/mol. The lowest BCUT2D eigenvalue weighted by Crippen LogP contribution is -2.22. The Labute approximate surface area is 126 Å². The van der Waals surface area contributed by atoms with E-state index in [9.17, 15) is 18.3 Å². The first-order valence-electron chi connectivity index (χ1n) is 6.71. The number of benzene rings is 2. The molecule has 0 aliphatic rings. The number of alkyl halides is 3. The molecule has 0 aromatic heterocycles. The second-order valence-corrected chi connectivity index (χ2v) is 4.84. The maximum atomic E-state index is 13.0. The van der Waals surface area contributed by atoms with E-state index < -0.39 is 17.8 Å². The summed E-state index contributed by atoms with van der Waals surface area (Å²) in [5, 5.41) is 20.8. The fourth-order valence-corrected chi connectivity index (χ4v) is 2.05. The van der Waals surface area contributed by atoms with Gasteiger partial charge in [0.1, 0.15) is 0 Å². The quantitative estimate of drug-likeness (QED) is 0.795. The van der Waals surface area contributed by atoms with E-state index in [1.54, 1.807) is 30.3 Å². The van der Waals surface area contributed by atoms with Gasteiger partial charge in [-0.05, 0) is 29.3 Å². The molecule has 0 aliphatic carbocycles. The third-order valence-electron chi connectivity index (χ3n) is 3.18. The number of anilines is 1.